The summed E-state index contributed by atoms with van der Waals surface area (Å²) in [7, 11) is 0. The Morgan fingerprint density at radius 2 is 1.93 bits per heavy atom. The number of halogens is 2. The molecule has 0 aliphatic heterocycles. The van der Waals surface area contributed by atoms with E-state index in [9.17, 15) is 18.8 Å². The van der Waals surface area contributed by atoms with Crippen molar-refractivity contribution in [3.05, 3.63) is 83.6 Å². The number of thioether (sulfide) groups is 1. The number of rotatable bonds is 7. The normalized spacial score (nSPS) is 10.7. The fourth-order valence-electron chi connectivity index (χ4n) is 2.34. The fraction of sp³-hybridized carbons (Fsp3) is 0.105. The predicted octanol–water partition coefficient (Wildman–Crippen LogP) is 4.13. The van der Waals surface area contributed by atoms with Gasteiger partial charge in [-0.2, -0.15) is 8.78 Å². The molecule has 3 aromatic rings. The summed E-state index contributed by atoms with van der Waals surface area (Å²) in [6.45, 7) is -0.267. The first-order chi connectivity index (χ1) is 13.5. The van der Waals surface area contributed by atoms with Crippen LogP contribution < -0.4 is 10.0 Å². The van der Waals surface area contributed by atoms with Crippen molar-refractivity contribution in [1.82, 2.24) is 4.98 Å². The maximum Gasteiger partial charge on any atom is 0.340 e. The quantitative estimate of drug-likeness (QED) is 0.277. The molecule has 0 radical (unpaired) electrons. The van der Waals surface area contributed by atoms with Crippen molar-refractivity contribution in [3.63, 3.8) is 0 Å². The summed E-state index contributed by atoms with van der Waals surface area (Å²) in [5.41, 5.74) is 1.38. The molecule has 3 rings (SSSR count). The van der Waals surface area contributed by atoms with Crippen molar-refractivity contribution >= 4 is 29.1 Å². The van der Waals surface area contributed by atoms with Gasteiger partial charge in [0.2, 0.25) is 0 Å². The van der Waals surface area contributed by atoms with Crippen molar-refractivity contribution in [2.24, 2.45) is 0 Å². The minimum Gasteiger partial charge on any atom is -0.711 e. The minimum absolute atomic E-state index is 0.0633. The molecule has 144 valence electrons. The maximum atomic E-state index is 12.4. The summed E-state index contributed by atoms with van der Waals surface area (Å²) in [5.74, 6) is -3.05. The Hall–Kier alpha value is -3.20. The average molecular weight is 403 g/mol. The number of alkyl halides is 2. The summed E-state index contributed by atoms with van der Waals surface area (Å²) in [5, 5.41) is 14.6. The second-order valence-electron chi connectivity index (χ2n) is 5.51. The van der Waals surface area contributed by atoms with Gasteiger partial charge in [0.15, 0.2) is 6.61 Å². The lowest BCUT2D eigenvalue weighted by molar-refractivity contribution is -0.620. The number of hydrogen-bond donors (Lipinski definition) is 1. The first-order valence-electron chi connectivity index (χ1n) is 8.14. The topological polar surface area (TPSA) is 78.2 Å². The molecule has 6 nitrogen and oxygen atoms in total. The molecule has 1 aromatic heterocycles. The number of benzene rings is 2. The van der Waals surface area contributed by atoms with Crippen LogP contribution in [0, 0.1) is 5.21 Å². The molecule has 1 N–H and O–H groups in total. The number of anilines is 2. The van der Waals surface area contributed by atoms with Gasteiger partial charge in [-0.3, -0.25) is 0 Å². The van der Waals surface area contributed by atoms with Gasteiger partial charge in [-0.15, -0.1) is 0 Å². The summed E-state index contributed by atoms with van der Waals surface area (Å²) in [6, 6.07) is 14.6. The van der Waals surface area contributed by atoms with Crippen LogP contribution in [0.15, 0.2) is 71.9 Å². The van der Waals surface area contributed by atoms with E-state index in [2.05, 4.69) is 10.3 Å². The number of nitrogens with one attached hydrogen (secondary N) is 1. The van der Waals surface area contributed by atoms with Gasteiger partial charge in [-0.1, -0.05) is 23.9 Å². The lowest BCUT2D eigenvalue weighted by Crippen LogP contribution is -2.33. The largest absolute Gasteiger partial charge is 0.711 e. The van der Waals surface area contributed by atoms with Crippen LogP contribution in [0.2, 0.25) is 0 Å². The van der Waals surface area contributed by atoms with Gasteiger partial charge in [-0.05, 0) is 41.4 Å². The number of ether oxygens (including phenoxy) is 1. The molecule has 28 heavy (non-hydrogen) atoms. The molecular formula is C19H15F2N3O3S. The number of esters is 1. The van der Waals surface area contributed by atoms with Crippen LogP contribution in [0.4, 0.5) is 20.2 Å². The van der Waals surface area contributed by atoms with E-state index >= 15 is 0 Å². The van der Waals surface area contributed by atoms with Crippen molar-refractivity contribution in [2.75, 3.05) is 5.32 Å². The van der Waals surface area contributed by atoms with Crippen LogP contribution in [0.3, 0.4) is 0 Å². The van der Waals surface area contributed by atoms with E-state index in [0.717, 1.165) is 0 Å². The van der Waals surface area contributed by atoms with Crippen molar-refractivity contribution in [3.8, 4) is 0 Å². The highest BCUT2D eigenvalue weighted by molar-refractivity contribution is 7.99. The molecule has 0 atom stereocenters. The van der Waals surface area contributed by atoms with Gasteiger partial charge in [0.25, 0.3) is 5.76 Å². The van der Waals surface area contributed by atoms with Crippen LogP contribution in [-0.4, -0.2) is 16.7 Å². The van der Waals surface area contributed by atoms with E-state index in [-0.39, 0.29) is 18.0 Å². The summed E-state index contributed by atoms with van der Waals surface area (Å²) in [6.07, 6.45) is 2.70. The highest BCUT2D eigenvalue weighted by Gasteiger charge is 2.16. The minimum atomic E-state index is -2.48. The highest BCUT2D eigenvalue weighted by Crippen LogP contribution is 2.28. The van der Waals surface area contributed by atoms with Gasteiger partial charge in [0, 0.05) is 16.6 Å². The molecule has 0 aliphatic rings. The molecule has 0 spiro atoms. The second-order valence-corrected chi connectivity index (χ2v) is 6.57. The first-order valence-corrected chi connectivity index (χ1v) is 9.02. The molecular weight excluding hydrogens is 388 g/mol. The molecule has 1 heterocycles. The average Bonchev–Trinajstić information content (AvgIpc) is 2.69. The van der Waals surface area contributed by atoms with Gasteiger partial charge in [0.05, 0.1) is 17.4 Å². The van der Waals surface area contributed by atoms with Crippen LogP contribution in [-0.2, 0) is 11.3 Å². The molecule has 0 saturated heterocycles. The first kappa shape index (κ1) is 19.6. The Labute approximate surface area is 163 Å². The van der Waals surface area contributed by atoms with Gasteiger partial charge in [0.1, 0.15) is 6.20 Å². The third kappa shape index (κ3) is 5.17. The number of aromatic nitrogens is 2. The molecule has 0 fully saturated rings. The summed E-state index contributed by atoms with van der Waals surface area (Å²) < 4.78 is 30.5. The van der Waals surface area contributed by atoms with Crippen LogP contribution in [0.1, 0.15) is 16.2 Å². The molecule has 2 aromatic carbocycles. The number of carbonyl (C=O) groups excluding carboxylic acids is 1. The molecule has 0 saturated carbocycles. The standard InChI is InChI=1S/C19H15F2N3O3S/c20-19(21)28-14-8-6-13(7-9-14)23-16-5-2-1-4-15(16)18(25)27-12-17-22-10-3-11-24(17)26/h1-11,19,23H,12H2. The zero-order chi connectivity index (χ0) is 19.9. The van der Waals surface area contributed by atoms with Crippen LogP contribution in [0.25, 0.3) is 0 Å². The van der Waals surface area contributed by atoms with Crippen LogP contribution in [0.5, 0.6) is 0 Å². The lowest BCUT2D eigenvalue weighted by atomic mass is 10.1. The smallest absolute Gasteiger partial charge is 0.340 e. The number of nitrogens with zero attached hydrogens (tertiary/aromatic N) is 2. The Bertz CT molecular complexity index is 955. The monoisotopic (exact) mass is 403 g/mol. The fourth-order valence-corrected chi connectivity index (χ4v) is 2.84. The van der Waals surface area contributed by atoms with E-state index in [0.29, 0.717) is 32.8 Å². The van der Waals surface area contributed by atoms with Gasteiger partial charge in [-0.25, -0.2) is 9.52 Å². The number of para-hydroxylation sites is 1. The van der Waals surface area contributed by atoms with E-state index < -0.39 is 11.7 Å². The zero-order valence-electron chi connectivity index (χ0n) is 14.4. The SMILES string of the molecule is O=C(OCc1nccc[n+]1[O-])c1ccccc1Nc1ccc(SC(F)F)cc1. The Kier molecular flexibility index (Phi) is 6.38. The number of carbonyl (C=O) groups is 1. The third-order valence-corrected chi connectivity index (χ3v) is 4.35. The second kappa shape index (κ2) is 9.14. The molecule has 0 unspecified atom stereocenters. The van der Waals surface area contributed by atoms with E-state index in [1.165, 1.54) is 18.5 Å². The van der Waals surface area contributed by atoms with Crippen molar-refractivity contribution < 1.29 is 23.0 Å². The lowest BCUT2D eigenvalue weighted by Gasteiger charge is -2.12. The molecule has 9 heteroatoms. The van der Waals surface area contributed by atoms with Crippen molar-refractivity contribution in [1.29, 1.82) is 0 Å². The third-order valence-electron chi connectivity index (χ3n) is 3.62. The summed E-state index contributed by atoms with van der Waals surface area (Å²) >= 11 is 0.458. The Balaban J connectivity index is 1.70. The highest BCUT2D eigenvalue weighted by atomic mass is 32.2. The van der Waals surface area contributed by atoms with Crippen molar-refractivity contribution in [2.45, 2.75) is 17.3 Å². The Morgan fingerprint density at radius 3 is 2.64 bits per heavy atom. The van der Waals surface area contributed by atoms with Gasteiger partial charge < -0.3 is 15.3 Å². The molecule has 0 bridgehead atoms. The zero-order valence-corrected chi connectivity index (χ0v) is 15.2. The van der Waals surface area contributed by atoms with Gasteiger partial charge >= 0.3 is 11.8 Å². The van der Waals surface area contributed by atoms with E-state index in [1.54, 1.807) is 48.5 Å². The molecule has 0 aliphatic carbocycles. The maximum absolute atomic E-state index is 12.4. The summed E-state index contributed by atoms with van der Waals surface area (Å²) in [4.78, 5) is 16.7. The molecule has 0 amide bonds. The van der Waals surface area contributed by atoms with Crippen LogP contribution >= 0.6 is 11.8 Å². The van der Waals surface area contributed by atoms with E-state index in [4.69, 9.17) is 4.74 Å². The Morgan fingerprint density at radius 1 is 1.18 bits per heavy atom. The van der Waals surface area contributed by atoms with E-state index in [1.807, 2.05) is 0 Å². The predicted molar refractivity (Wildman–Crippen MR) is 100 cm³/mol. The number of hydrogen-bond acceptors (Lipinski definition) is 6.